The Bertz CT molecular complexity index is 1330. The number of hydrogen-bond acceptors (Lipinski definition) is 7. The third-order valence-electron chi connectivity index (χ3n) is 5.02. The van der Waals surface area contributed by atoms with Gasteiger partial charge in [0.2, 0.25) is 0 Å². The standard InChI is InChI=1S/C23H22N4O5/c1-4-31-17(28)11-24-23(30)19-20(29)15-9-6-10-16(18(15)22-25-12-26-27(19)22)32-21-13(2)7-5-8-14(21)3/h5-10,12,29H,4,11H2,1-3H3,(H,24,30). The summed E-state index contributed by atoms with van der Waals surface area (Å²) < 4.78 is 12.3. The number of nitrogens with zero attached hydrogens (tertiary/aromatic N) is 3. The normalized spacial score (nSPS) is 11.0. The second-order valence-electron chi connectivity index (χ2n) is 7.18. The summed E-state index contributed by atoms with van der Waals surface area (Å²) in [5.41, 5.74) is 2.11. The number of ether oxygens (including phenoxy) is 2. The molecule has 2 aromatic heterocycles. The number of aromatic hydroxyl groups is 1. The first-order valence-electron chi connectivity index (χ1n) is 10.1. The Balaban J connectivity index is 1.83. The molecule has 0 saturated carbocycles. The van der Waals surface area contributed by atoms with Crippen LogP contribution in [0.3, 0.4) is 0 Å². The van der Waals surface area contributed by atoms with Crippen molar-refractivity contribution >= 4 is 28.3 Å². The minimum Gasteiger partial charge on any atom is -0.505 e. The summed E-state index contributed by atoms with van der Waals surface area (Å²) >= 11 is 0. The van der Waals surface area contributed by atoms with E-state index in [-0.39, 0.29) is 24.6 Å². The topological polar surface area (TPSA) is 115 Å². The van der Waals surface area contributed by atoms with Crippen LogP contribution in [0.1, 0.15) is 28.5 Å². The number of para-hydroxylation sites is 1. The lowest BCUT2D eigenvalue weighted by molar-refractivity contribution is -0.141. The van der Waals surface area contributed by atoms with Crippen molar-refractivity contribution in [3.63, 3.8) is 0 Å². The lowest BCUT2D eigenvalue weighted by Gasteiger charge is -2.16. The highest BCUT2D eigenvalue weighted by molar-refractivity contribution is 6.09. The Morgan fingerprint density at radius 3 is 2.56 bits per heavy atom. The third-order valence-corrected chi connectivity index (χ3v) is 5.02. The van der Waals surface area contributed by atoms with Crippen molar-refractivity contribution in [2.24, 2.45) is 0 Å². The van der Waals surface area contributed by atoms with Crippen LogP contribution in [0.4, 0.5) is 0 Å². The minimum atomic E-state index is -0.686. The average molecular weight is 434 g/mol. The molecule has 0 saturated heterocycles. The fourth-order valence-electron chi connectivity index (χ4n) is 3.57. The summed E-state index contributed by atoms with van der Waals surface area (Å²) in [6, 6.07) is 11.0. The zero-order valence-corrected chi connectivity index (χ0v) is 17.9. The zero-order chi connectivity index (χ0) is 22.8. The number of benzene rings is 2. The summed E-state index contributed by atoms with van der Waals surface area (Å²) in [6.45, 7) is 5.43. The van der Waals surface area contributed by atoms with E-state index in [0.717, 1.165) is 11.1 Å². The molecule has 164 valence electrons. The van der Waals surface area contributed by atoms with E-state index in [9.17, 15) is 14.7 Å². The summed E-state index contributed by atoms with van der Waals surface area (Å²) in [4.78, 5) is 28.7. The van der Waals surface area contributed by atoms with Gasteiger partial charge < -0.3 is 19.9 Å². The van der Waals surface area contributed by atoms with Gasteiger partial charge in [0, 0.05) is 5.39 Å². The van der Waals surface area contributed by atoms with E-state index in [0.29, 0.717) is 27.9 Å². The van der Waals surface area contributed by atoms with Gasteiger partial charge in [0.05, 0.1) is 12.0 Å². The molecule has 0 unspecified atom stereocenters. The molecule has 2 aromatic carbocycles. The lowest BCUT2D eigenvalue weighted by Crippen LogP contribution is -2.32. The van der Waals surface area contributed by atoms with Gasteiger partial charge in [-0.25, -0.2) is 9.50 Å². The molecule has 2 heterocycles. The van der Waals surface area contributed by atoms with Gasteiger partial charge in [0.15, 0.2) is 17.1 Å². The van der Waals surface area contributed by atoms with Crippen molar-refractivity contribution in [1.82, 2.24) is 19.9 Å². The Hall–Kier alpha value is -4.14. The first-order chi connectivity index (χ1) is 15.4. The minimum absolute atomic E-state index is 0.140. The molecular weight excluding hydrogens is 412 g/mol. The number of aromatic nitrogens is 3. The van der Waals surface area contributed by atoms with Crippen LogP contribution in [-0.4, -0.2) is 44.7 Å². The fraction of sp³-hybridized carbons (Fsp3) is 0.217. The summed E-state index contributed by atoms with van der Waals surface area (Å²) in [5.74, 6) is -0.402. The van der Waals surface area contributed by atoms with Gasteiger partial charge in [-0.15, -0.1) is 0 Å². The van der Waals surface area contributed by atoms with Crippen molar-refractivity contribution < 1.29 is 24.2 Å². The van der Waals surface area contributed by atoms with Crippen molar-refractivity contribution in [2.75, 3.05) is 13.2 Å². The van der Waals surface area contributed by atoms with E-state index in [1.807, 2.05) is 32.0 Å². The Kier molecular flexibility index (Phi) is 5.63. The van der Waals surface area contributed by atoms with E-state index in [4.69, 9.17) is 9.47 Å². The number of amides is 1. The second kappa shape index (κ2) is 8.54. The molecule has 4 rings (SSSR count). The van der Waals surface area contributed by atoms with Gasteiger partial charge in [-0.05, 0) is 38.0 Å². The first kappa shape index (κ1) is 21.1. The number of aryl methyl sites for hydroxylation is 2. The second-order valence-corrected chi connectivity index (χ2v) is 7.18. The quantitative estimate of drug-likeness (QED) is 0.448. The molecule has 0 atom stereocenters. The fourth-order valence-corrected chi connectivity index (χ4v) is 3.57. The van der Waals surface area contributed by atoms with Crippen molar-refractivity contribution in [1.29, 1.82) is 0 Å². The van der Waals surface area contributed by atoms with Crippen LogP contribution >= 0.6 is 0 Å². The van der Waals surface area contributed by atoms with E-state index in [2.05, 4.69) is 15.4 Å². The smallest absolute Gasteiger partial charge is 0.325 e. The Morgan fingerprint density at radius 2 is 1.84 bits per heavy atom. The molecule has 2 N–H and O–H groups in total. The predicted octanol–water partition coefficient (Wildman–Crippen LogP) is 3.29. The largest absolute Gasteiger partial charge is 0.505 e. The van der Waals surface area contributed by atoms with Crippen LogP contribution in [-0.2, 0) is 9.53 Å². The van der Waals surface area contributed by atoms with Crippen LogP contribution < -0.4 is 10.1 Å². The van der Waals surface area contributed by atoms with Crippen LogP contribution in [0.25, 0.3) is 16.4 Å². The third kappa shape index (κ3) is 3.68. The molecule has 32 heavy (non-hydrogen) atoms. The summed E-state index contributed by atoms with van der Waals surface area (Å²) in [7, 11) is 0. The molecule has 4 aromatic rings. The number of nitrogens with one attached hydrogen (secondary N) is 1. The number of esters is 1. The van der Waals surface area contributed by atoms with E-state index >= 15 is 0 Å². The van der Waals surface area contributed by atoms with Gasteiger partial charge in [-0.1, -0.05) is 30.3 Å². The molecule has 9 nitrogen and oxygen atoms in total. The van der Waals surface area contributed by atoms with Crippen LogP contribution in [0.15, 0.2) is 42.7 Å². The highest BCUT2D eigenvalue weighted by Crippen LogP contribution is 2.39. The van der Waals surface area contributed by atoms with Gasteiger partial charge in [-0.3, -0.25) is 9.59 Å². The van der Waals surface area contributed by atoms with Crippen LogP contribution in [0.2, 0.25) is 0 Å². The molecule has 9 heteroatoms. The number of carbonyl (C=O) groups is 2. The number of carbonyl (C=O) groups excluding carboxylic acids is 2. The van der Waals surface area contributed by atoms with Gasteiger partial charge in [-0.2, -0.15) is 5.10 Å². The maximum Gasteiger partial charge on any atom is 0.325 e. The van der Waals surface area contributed by atoms with Crippen LogP contribution in [0.5, 0.6) is 17.2 Å². The first-order valence-corrected chi connectivity index (χ1v) is 10.1. The molecule has 0 aliphatic rings. The Morgan fingerprint density at radius 1 is 1.12 bits per heavy atom. The van der Waals surface area contributed by atoms with Gasteiger partial charge >= 0.3 is 5.97 Å². The lowest BCUT2D eigenvalue weighted by atomic mass is 10.1. The average Bonchev–Trinajstić information content (AvgIpc) is 3.24. The molecule has 0 aliphatic heterocycles. The van der Waals surface area contributed by atoms with Gasteiger partial charge in [0.1, 0.15) is 24.4 Å². The number of rotatable bonds is 6. The summed E-state index contributed by atoms with van der Waals surface area (Å²) in [5, 5.41) is 18.4. The zero-order valence-electron chi connectivity index (χ0n) is 17.9. The summed E-state index contributed by atoms with van der Waals surface area (Å²) in [6.07, 6.45) is 1.28. The molecule has 0 aliphatic carbocycles. The van der Waals surface area contributed by atoms with Crippen molar-refractivity contribution in [3.8, 4) is 17.2 Å². The predicted molar refractivity (Wildman–Crippen MR) is 117 cm³/mol. The number of fused-ring (bicyclic) bond motifs is 3. The van der Waals surface area contributed by atoms with Crippen molar-refractivity contribution in [3.05, 3.63) is 59.5 Å². The van der Waals surface area contributed by atoms with E-state index in [1.165, 1.54) is 10.8 Å². The number of hydrogen-bond donors (Lipinski definition) is 2. The number of pyridine rings is 1. The van der Waals surface area contributed by atoms with E-state index in [1.54, 1.807) is 25.1 Å². The van der Waals surface area contributed by atoms with Crippen LogP contribution in [0, 0.1) is 13.8 Å². The SMILES string of the molecule is CCOC(=O)CNC(=O)c1c(O)c2cccc(Oc3c(C)cccc3C)c2c2ncnn12. The van der Waals surface area contributed by atoms with Crippen molar-refractivity contribution in [2.45, 2.75) is 20.8 Å². The highest BCUT2D eigenvalue weighted by Gasteiger charge is 2.24. The maximum absolute atomic E-state index is 12.8. The Labute approximate surface area is 183 Å². The van der Waals surface area contributed by atoms with Gasteiger partial charge in [0.25, 0.3) is 5.91 Å². The molecular formula is C23H22N4O5. The highest BCUT2D eigenvalue weighted by atomic mass is 16.5. The molecule has 0 bridgehead atoms. The van der Waals surface area contributed by atoms with E-state index < -0.39 is 11.9 Å². The maximum atomic E-state index is 12.8. The molecule has 0 fully saturated rings. The molecule has 1 amide bonds. The molecule has 0 spiro atoms. The molecule has 0 radical (unpaired) electrons. The monoisotopic (exact) mass is 434 g/mol.